The summed E-state index contributed by atoms with van der Waals surface area (Å²) in [4.78, 5) is 5.79. The Hall–Kier alpha value is -7.67. The minimum atomic E-state index is -0.123. The molecule has 3 unspecified atom stereocenters. The highest BCUT2D eigenvalue weighted by atomic mass is 32.1. The molecule has 13 aromatic rings. The lowest BCUT2D eigenvalue weighted by atomic mass is 9.80. The summed E-state index contributed by atoms with van der Waals surface area (Å²) in [6, 6.07) is 65.7. The maximum atomic E-state index is 6.83. The van der Waals surface area contributed by atoms with Crippen molar-refractivity contribution in [3.05, 3.63) is 199 Å². The molecule has 1 N–H and O–H groups in total. The molecule has 3 atom stereocenters. The van der Waals surface area contributed by atoms with E-state index < -0.39 is 0 Å². The number of benzene rings is 9. The molecule has 0 bridgehead atoms. The van der Waals surface area contributed by atoms with E-state index in [1.54, 1.807) is 0 Å². The number of hydrogen-bond acceptors (Lipinski definition) is 5. The Kier molecular flexibility index (Phi) is 7.66. The van der Waals surface area contributed by atoms with E-state index >= 15 is 0 Å². The highest BCUT2D eigenvalue weighted by Gasteiger charge is 2.37. The predicted molar refractivity (Wildman–Crippen MR) is 268 cm³/mol. The molecule has 0 amide bonds. The van der Waals surface area contributed by atoms with Crippen LogP contribution in [0.2, 0.25) is 0 Å². The average molecular weight is 842 g/mol. The zero-order valence-electron chi connectivity index (χ0n) is 34.9. The van der Waals surface area contributed by atoms with Gasteiger partial charge in [0.1, 0.15) is 28.2 Å². The Morgan fingerprint density at radius 2 is 1.17 bits per heavy atom. The first-order valence-electron chi connectivity index (χ1n) is 22.2. The number of hydrogen-bond donors (Lipinski definition) is 1. The third-order valence-electron chi connectivity index (χ3n) is 13.9. The number of thiophene rings is 1. The van der Waals surface area contributed by atoms with E-state index in [1.165, 1.54) is 52.8 Å². The topological polar surface area (TPSA) is 55.6 Å². The lowest BCUT2D eigenvalue weighted by Crippen LogP contribution is -2.41. The summed E-state index contributed by atoms with van der Waals surface area (Å²) in [6.07, 6.45) is 0.922. The Morgan fingerprint density at radius 1 is 0.516 bits per heavy atom. The van der Waals surface area contributed by atoms with Gasteiger partial charge in [0.2, 0.25) is 0 Å². The molecule has 0 fully saturated rings. The molecule has 4 aromatic heterocycles. The molecule has 64 heavy (non-hydrogen) atoms. The maximum absolute atomic E-state index is 6.83. The minimum absolute atomic E-state index is 0.0624. The van der Waals surface area contributed by atoms with Gasteiger partial charge in [0.15, 0.2) is 0 Å². The lowest BCUT2D eigenvalue weighted by Gasteiger charge is -2.38. The van der Waals surface area contributed by atoms with Crippen LogP contribution in [0.1, 0.15) is 42.1 Å². The minimum Gasteiger partial charge on any atom is -0.456 e. The van der Waals surface area contributed by atoms with Gasteiger partial charge in [0, 0.05) is 58.6 Å². The van der Waals surface area contributed by atoms with Gasteiger partial charge in [0.05, 0.1) is 34.2 Å². The van der Waals surface area contributed by atoms with Crippen molar-refractivity contribution in [3.8, 4) is 5.69 Å². The van der Waals surface area contributed by atoms with Crippen LogP contribution in [0.25, 0.3) is 102 Å². The number of nitrogens with zero attached hydrogens (tertiary/aromatic N) is 2. The summed E-state index contributed by atoms with van der Waals surface area (Å²) in [6.45, 7) is 2.30. The smallest absolute Gasteiger partial charge is 0.138 e. The van der Waals surface area contributed by atoms with Crippen LogP contribution in [-0.4, -0.2) is 10.4 Å². The third-order valence-corrected chi connectivity index (χ3v) is 15.0. The van der Waals surface area contributed by atoms with Crippen molar-refractivity contribution < 1.29 is 8.83 Å². The van der Waals surface area contributed by atoms with Gasteiger partial charge >= 0.3 is 0 Å². The monoisotopic (exact) mass is 841 g/mol. The molecule has 14 rings (SSSR count). The highest BCUT2D eigenvalue weighted by Crippen LogP contribution is 2.46. The summed E-state index contributed by atoms with van der Waals surface area (Å²) in [5.41, 5.74) is 10.2. The molecule has 304 valence electrons. The fourth-order valence-electron chi connectivity index (χ4n) is 10.9. The zero-order valence-corrected chi connectivity index (χ0v) is 35.7. The number of rotatable bonds is 5. The van der Waals surface area contributed by atoms with Crippen molar-refractivity contribution in [2.24, 2.45) is 10.9 Å². The number of furan rings is 2. The third kappa shape index (κ3) is 5.26. The van der Waals surface area contributed by atoms with Crippen molar-refractivity contribution in [2.75, 3.05) is 0 Å². The van der Waals surface area contributed by atoms with E-state index in [0.717, 1.165) is 78.4 Å². The number of fused-ring (bicyclic) bond motifs is 13. The number of nitrogens with one attached hydrogen (secondary N) is 1. The lowest BCUT2D eigenvalue weighted by molar-refractivity contribution is 0.311. The highest BCUT2D eigenvalue weighted by molar-refractivity contribution is 7.25. The molecule has 5 nitrogen and oxygen atoms in total. The fraction of sp³-hybridized carbons (Fsp3) is 0.0862. The number of aliphatic imine (C=N–C) groups is 1. The second-order valence-corrected chi connectivity index (χ2v) is 18.4. The van der Waals surface area contributed by atoms with Gasteiger partial charge in [-0.3, -0.25) is 4.99 Å². The van der Waals surface area contributed by atoms with E-state index in [9.17, 15) is 0 Å². The molecule has 5 heterocycles. The van der Waals surface area contributed by atoms with Gasteiger partial charge in [-0.15, -0.1) is 11.3 Å². The van der Waals surface area contributed by atoms with Crippen molar-refractivity contribution in [2.45, 2.75) is 25.4 Å². The van der Waals surface area contributed by atoms with Crippen LogP contribution < -0.4 is 5.32 Å². The maximum Gasteiger partial charge on any atom is 0.138 e. The summed E-state index contributed by atoms with van der Waals surface area (Å²) in [7, 11) is 0. The van der Waals surface area contributed by atoms with Crippen LogP contribution in [0.15, 0.2) is 196 Å². The van der Waals surface area contributed by atoms with Crippen LogP contribution in [0.5, 0.6) is 0 Å². The number of amidine groups is 1. The molecule has 0 saturated carbocycles. The van der Waals surface area contributed by atoms with E-state index in [4.69, 9.17) is 13.8 Å². The molecular weight excluding hydrogens is 803 g/mol. The second kappa shape index (κ2) is 13.7. The van der Waals surface area contributed by atoms with Gasteiger partial charge in [-0.1, -0.05) is 128 Å². The van der Waals surface area contributed by atoms with E-state index in [-0.39, 0.29) is 18.0 Å². The summed E-state index contributed by atoms with van der Waals surface area (Å²) < 4.78 is 18.4. The Bertz CT molecular complexity index is 4090. The van der Waals surface area contributed by atoms with Crippen LogP contribution in [0.3, 0.4) is 0 Å². The van der Waals surface area contributed by atoms with E-state index in [1.807, 2.05) is 17.4 Å². The van der Waals surface area contributed by atoms with Crippen LogP contribution in [0.4, 0.5) is 0 Å². The van der Waals surface area contributed by atoms with Gasteiger partial charge < -0.3 is 18.7 Å². The van der Waals surface area contributed by atoms with Crippen molar-refractivity contribution in [1.82, 2.24) is 9.88 Å². The largest absolute Gasteiger partial charge is 0.456 e. The zero-order chi connectivity index (χ0) is 42.0. The predicted octanol–water partition coefficient (Wildman–Crippen LogP) is 16.0. The SMILES string of the molecule is CCC1C(c2ccc3c(c2)sc2ccccc23)N=C(c2cc(-n3c4ccccc4c4cc5ccccc5cc43)c3c(c2)oc2ccccc23)NC1c1ccc2c(c1)oc1ccccc12. The van der Waals surface area contributed by atoms with Crippen LogP contribution in [0, 0.1) is 5.92 Å². The van der Waals surface area contributed by atoms with Gasteiger partial charge in [0.25, 0.3) is 0 Å². The van der Waals surface area contributed by atoms with Crippen LogP contribution >= 0.6 is 11.3 Å². The Balaban J connectivity index is 1.02. The summed E-state index contributed by atoms with van der Waals surface area (Å²) in [5.74, 6) is 0.994. The number of para-hydroxylation sites is 3. The first-order chi connectivity index (χ1) is 31.6. The molecule has 1 aliphatic rings. The van der Waals surface area contributed by atoms with Crippen molar-refractivity contribution >= 4 is 114 Å². The molecule has 6 heteroatoms. The molecular formula is C58H39N3O2S. The Labute approximate surface area is 371 Å². The van der Waals surface area contributed by atoms with Gasteiger partial charge in [-0.05, 0) is 89.0 Å². The molecule has 0 radical (unpaired) electrons. The molecule has 9 aromatic carbocycles. The Morgan fingerprint density at radius 3 is 2.03 bits per heavy atom. The molecule has 0 aliphatic carbocycles. The molecule has 0 spiro atoms. The van der Waals surface area contributed by atoms with E-state index in [2.05, 4.69) is 193 Å². The second-order valence-electron chi connectivity index (χ2n) is 17.4. The summed E-state index contributed by atoms with van der Waals surface area (Å²) in [5, 5.41) is 16.0. The average Bonchev–Trinajstić information content (AvgIpc) is 4.11. The fourth-order valence-corrected chi connectivity index (χ4v) is 12.1. The first-order valence-corrected chi connectivity index (χ1v) is 23.0. The molecule has 0 saturated heterocycles. The van der Waals surface area contributed by atoms with Gasteiger partial charge in [-0.2, -0.15) is 0 Å². The van der Waals surface area contributed by atoms with Crippen LogP contribution in [-0.2, 0) is 0 Å². The first kappa shape index (κ1) is 35.9. The molecule has 1 aliphatic heterocycles. The summed E-state index contributed by atoms with van der Waals surface area (Å²) >= 11 is 1.86. The van der Waals surface area contributed by atoms with Crippen molar-refractivity contribution in [3.63, 3.8) is 0 Å². The van der Waals surface area contributed by atoms with Gasteiger partial charge in [-0.25, -0.2) is 0 Å². The van der Waals surface area contributed by atoms with Crippen molar-refractivity contribution in [1.29, 1.82) is 0 Å². The quantitative estimate of drug-likeness (QED) is 0.188. The van der Waals surface area contributed by atoms with E-state index in [0.29, 0.717) is 0 Å². The standard InChI is InChI=1S/C58H39N3O2S/c1-2-38-56(35-23-25-41-40-16-6-10-20-49(40)62-51(41)30-35)59-58(60-57(38)36-24-26-43-42-17-8-12-22-53(42)64-54(43)32-36)37-29-48(55-44-18-7-11-21-50(44)63-52(55)31-37)61-46-19-9-5-15-39(46)45-27-33-13-3-4-14-34(33)28-47(45)61/h3-32,38,56-57H,2H2,1H3,(H,59,60). The normalized spacial score (nSPS) is 17.0. The number of aromatic nitrogens is 1.